The Morgan fingerprint density at radius 3 is 2.33 bits per heavy atom. The zero-order valence-corrected chi connectivity index (χ0v) is 18.6. The van der Waals surface area contributed by atoms with Crippen LogP contribution in [0.1, 0.15) is 35.2 Å². The highest BCUT2D eigenvalue weighted by molar-refractivity contribution is 9.10. The number of hydrogen-bond donors (Lipinski definition) is 1. The fourth-order valence-electron chi connectivity index (χ4n) is 2.99. The second kappa shape index (κ2) is 8.44. The summed E-state index contributed by atoms with van der Waals surface area (Å²) in [5, 5.41) is 2.90. The number of amides is 1. The molecule has 2 rings (SSSR count). The lowest BCUT2D eigenvalue weighted by atomic mass is 10.0. The summed E-state index contributed by atoms with van der Waals surface area (Å²) in [6, 6.07) is 11.0. The summed E-state index contributed by atoms with van der Waals surface area (Å²) >= 11 is 3.40. The van der Waals surface area contributed by atoms with Crippen LogP contribution in [-0.2, 0) is 14.8 Å². The second-order valence-electron chi connectivity index (χ2n) is 6.85. The Balaban J connectivity index is 2.20. The number of anilines is 1. The predicted octanol–water partition coefficient (Wildman–Crippen LogP) is 4.02. The maximum atomic E-state index is 12.6. The van der Waals surface area contributed by atoms with E-state index in [0.29, 0.717) is 5.69 Å². The maximum Gasteiger partial charge on any atom is 0.241 e. The molecule has 2 aromatic rings. The minimum atomic E-state index is -3.60. The van der Waals surface area contributed by atoms with Crippen LogP contribution in [0.2, 0.25) is 0 Å². The van der Waals surface area contributed by atoms with Gasteiger partial charge in [-0.3, -0.25) is 9.10 Å². The highest BCUT2D eigenvalue weighted by Gasteiger charge is 2.22. The van der Waals surface area contributed by atoms with E-state index in [1.807, 2.05) is 39.8 Å². The predicted molar refractivity (Wildman–Crippen MR) is 114 cm³/mol. The first-order valence-electron chi connectivity index (χ1n) is 8.59. The molecule has 0 aliphatic heterocycles. The molecule has 2 aromatic carbocycles. The van der Waals surface area contributed by atoms with Crippen LogP contribution >= 0.6 is 15.9 Å². The van der Waals surface area contributed by atoms with E-state index >= 15 is 0 Å². The van der Waals surface area contributed by atoms with Gasteiger partial charge in [0.1, 0.15) is 6.54 Å². The SMILES string of the molecule is Cc1ccc(C(C)NC(=O)CN(c2ccc(Br)c(C)c2)S(C)(=O)=O)c(C)c1. The third-order valence-electron chi connectivity index (χ3n) is 4.39. The van der Waals surface area contributed by atoms with Crippen molar-refractivity contribution in [2.24, 2.45) is 0 Å². The molecule has 0 aliphatic rings. The minimum Gasteiger partial charge on any atom is -0.348 e. The van der Waals surface area contributed by atoms with Crippen molar-refractivity contribution in [3.63, 3.8) is 0 Å². The first-order valence-corrected chi connectivity index (χ1v) is 11.2. The van der Waals surface area contributed by atoms with Crippen LogP contribution in [-0.4, -0.2) is 27.1 Å². The summed E-state index contributed by atoms with van der Waals surface area (Å²) < 4.78 is 26.5. The average molecular weight is 453 g/mol. The normalized spacial score (nSPS) is 12.5. The number of nitrogens with one attached hydrogen (secondary N) is 1. The molecule has 0 fully saturated rings. The van der Waals surface area contributed by atoms with Gasteiger partial charge >= 0.3 is 0 Å². The lowest BCUT2D eigenvalue weighted by Gasteiger charge is -2.24. The van der Waals surface area contributed by atoms with Crippen LogP contribution in [0.4, 0.5) is 5.69 Å². The first-order chi connectivity index (χ1) is 12.5. The standard InChI is InChI=1S/C20H25BrN2O3S/c1-13-6-8-18(14(2)10-13)16(4)22-20(24)12-23(27(5,25)26)17-7-9-19(21)15(3)11-17/h6-11,16H,12H2,1-5H3,(H,22,24). The highest BCUT2D eigenvalue weighted by atomic mass is 79.9. The summed E-state index contributed by atoms with van der Waals surface area (Å²) in [5.41, 5.74) is 4.62. The van der Waals surface area contributed by atoms with E-state index in [0.717, 1.165) is 37.3 Å². The molecule has 0 saturated heterocycles. The number of carbonyl (C=O) groups excluding carboxylic acids is 1. The average Bonchev–Trinajstić information content (AvgIpc) is 2.54. The summed E-state index contributed by atoms with van der Waals surface area (Å²) in [6.07, 6.45) is 1.10. The maximum absolute atomic E-state index is 12.6. The smallest absolute Gasteiger partial charge is 0.241 e. The molecule has 1 unspecified atom stereocenters. The Kier molecular flexibility index (Phi) is 6.70. The molecule has 1 atom stereocenters. The van der Waals surface area contributed by atoms with Gasteiger partial charge in [0.25, 0.3) is 0 Å². The largest absolute Gasteiger partial charge is 0.348 e. The van der Waals surface area contributed by atoms with Crippen LogP contribution in [0.5, 0.6) is 0 Å². The molecule has 1 N–H and O–H groups in total. The molecular formula is C20H25BrN2O3S. The zero-order chi connectivity index (χ0) is 20.4. The van der Waals surface area contributed by atoms with E-state index in [1.54, 1.807) is 18.2 Å². The van der Waals surface area contributed by atoms with Crippen molar-refractivity contribution < 1.29 is 13.2 Å². The Bertz CT molecular complexity index is 958. The Labute approximate surface area is 170 Å². The van der Waals surface area contributed by atoms with Crippen LogP contribution in [0.25, 0.3) is 0 Å². The van der Waals surface area contributed by atoms with Gasteiger partial charge in [-0.2, -0.15) is 0 Å². The van der Waals surface area contributed by atoms with Crippen molar-refractivity contribution in [3.05, 3.63) is 63.1 Å². The van der Waals surface area contributed by atoms with Gasteiger partial charge in [0.05, 0.1) is 18.0 Å². The Hall–Kier alpha value is -1.86. The lowest BCUT2D eigenvalue weighted by molar-refractivity contribution is -0.120. The fourth-order valence-corrected chi connectivity index (χ4v) is 4.09. The summed E-state index contributed by atoms with van der Waals surface area (Å²) in [4.78, 5) is 12.6. The molecule has 0 spiro atoms. The molecule has 0 radical (unpaired) electrons. The summed E-state index contributed by atoms with van der Waals surface area (Å²) in [6.45, 7) is 7.51. The topological polar surface area (TPSA) is 66.5 Å². The lowest BCUT2D eigenvalue weighted by Crippen LogP contribution is -2.41. The quantitative estimate of drug-likeness (QED) is 0.719. The number of carbonyl (C=O) groups is 1. The van der Waals surface area contributed by atoms with Gasteiger partial charge in [-0.25, -0.2) is 8.42 Å². The van der Waals surface area contributed by atoms with Crippen LogP contribution < -0.4 is 9.62 Å². The van der Waals surface area contributed by atoms with Crippen molar-refractivity contribution in [2.75, 3.05) is 17.1 Å². The van der Waals surface area contributed by atoms with E-state index in [4.69, 9.17) is 0 Å². The van der Waals surface area contributed by atoms with Gasteiger partial charge in [0.2, 0.25) is 15.9 Å². The molecule has 27 heavy (non-hydrogen) atoms. The van der Waals surface area contributed by atoms with Gasteiger partial charge in [-0.15, -0.1) is 0 Å². The number of hydrogen-bond acceptors (Lipinski definition) is 3. The third-order valence-corrected chi connectivity index (χ3v) is 6.42. The zero-order valence-electron chi connectivity index (χ0n) is 16.2. The Morgan fingerprint density at radius 1 is 1.11 bits per heavy atom. The van der Waals surface area contributed by atoms with Crippen LogP contribution in [0.3, 0.4) is 0 Å². The van der Waals surface area contributed by atoms with Crippen LogP contribution in [0.15, 0.2) is 40.9 Å². The molecule has 0 bridgehead atoms. The molecule has 146 valence electrons. The van der Waals surface area contributed by atoms with E-state index in [9.17, 15) is 13.2 Å². The first kappa shape index (κ1) is 21.4. The van der Waals surface area contributed by atoms with E-state index in [1.165, 1.54) is 0 Å². The van der Waals surface area contributed by atoms with E-state index < -0.39 is 10.0 Å². The second-order valence-corrected chi connectivity index (χ2v) is 9.61. The van der Waals surface area contributed by atoms with Gasteiger partial charge in [0.15, 0.2) is 0 Å². The minimum absolute atomic E-state index is 0.217. The summed E-state index contributed by atoms with van der Waals surface area (Å²) in [5.74, 6) is -0.353. The number of halogens is 1. The van der Waals surface area contributed by atoms with Gasteiger partial charge < -0.3 is 5.32 Å². The number of aryl methyl sites for hydroxylation is 3. The summed E-state index contributed by atoms with van der Waals surface area (Å²) in [7, 11) is -3.60. The molecule has 0 aliphatic carbocycles. The molecule has 7 heteroatoms. The molecular weight excluding hydrogens is 428 g/mol. The number of sulfonamides is 1. The molecule has 1 amide bonds. The van der Waals surface area contributed by atoms with Gasteiger partial charge in [0, 0.05) is 4.47 Å². The number of rotatable bonds is 6. The van der Waals surface area contributed by atoms with Crippen molar-refractivity contribution in [3.8, 4) is 0 Å². The molecule has 0 heterocycles. The van der Waals surface area contributed by atoms with Crippen molar-refractivity contribution in [1.29, 1.82) is 0 Å². The molecule has 0 saturated carbocycles. The number of benzene rings is 2. The Morgan fingerprint density at radius 2 is 1.78 bits per heavy atom. The van der Waals surface area contributed by atoms with E-state index in [2.05, 4.69) is 27.3 Å². The fraction of sp³-hybridized carbons (Fsp3) is 0.350. The van der Waals surface area contributed by atoms with Crippen molar-refractivity contribution >= 4 is 37.5 Å². The number of nitrogens with zero attached hydrogens (tertiary/aromatic N) is 1. The van der Waals surface area contributed by atoms with Crippen molar-refractivity contribution in [2.45, 2.75) is 33.7 Å². The molecule has 0 aromatic heterocycles. The van der Waals surface area contributed by atoms with Crippen LogP contribution in [0, 0.1) is 20.8 Å². The monoisotopic (exact) mass is 452 g/mol. The van der Waals surface area contributed by atoms with E-state index in [-0.39, 0.29) is 18.5 Å². The highest BCUT2D eigenvalue weighted by Crippen LogP contribution is 2.25. The third kappa shape index (κ3) is 5.56. The molecule has 5 nitrogen and oxygen atoms in total. The van der Waals surface area contributed by atoms with Gasteiger partial charge in [-0.05, 0) is 62.6 Å². The van der Waals surface area contributed by atoms with Crippen molar-refractivity contribution in [1.82, 2.24) is 5.32 Å². The van der Waals surface area contributed by atoms with Gasteiger partial charge in [-0.1, -0.05) is 39.7 Å².